The molecule has 27 heavy (non-hydrogen) atoms. The van der Waals surface area contributed by atoms with Gasteiger partial charge in [0.2, 0.25) is 5.95 Å². The number of hydrogen-bond acceptors (Lipinski definition) is 6. The molecule has 0 aliphatic rings. The van der Waals surface area contributed by atoms with Crippen molar-refractivity contribution in [2.24, 2.45) is 0 Å². The van der Waals surface area contributed by atoms with Gasteiger partial charge >= 0.3 is 0 Å². The van der Waals surface area contributed by atoms with Crippen molar-refractivity contribution in [2.45, 2.75) is 6.42 Å². The van der Waals surface area contributed by atoms with E-state index in [1.54, 1.807) is 20.4 Å². The molecule has 0 atom stereocenters. The molecular formula is C20H21ClN4O2. The van der Waals surface area contributed by atoms with Crippen LogP contribution in [0, 0.1) is 0 Å². The van der Waals surface area contributed by atoms with E-state index < -0.39 is 0 Å². The van der Waals surface area contributed by atoms with Gasteiger partial charge in [-0.3, -0.25) is 0 Å². The van der Waals surface area contributed by atoms with Crippen LogP contribution in [0.2, 0.25) is 5.02 Å². The van der Waals surface area contributed by atoms with E-state index in [1.807, 2.05) is 54.4 Å². The molecule has 0 unspecified atom stereocenters. The molecule has 0 fully saturated rings. The first kappa shape index (κ1) is 18.9. The molecule has 0 bridgehead atoms. The minimum atomic E-state index is 0.563. The van der Waals surface area contributed by atoms with Gasteiger partial charge in [0.15, 0.2) is 11.5 Å². The Morgan fingerprint density at radius 1 is 1.04 bits per heavy atom. The predicted octanol–water partition coefficient (Wildman–Crippen LogP) is 3.89. The van der Waals surface area contributed by atoms with Crippen LogP contribution in [0.4, 0.5) is 5.95 Å². The van der Waals surface area contributed by atoms with Crippen LogP contribution < -0.4 is 14.4 Å². The number of benzene rings is 2. The van der Waals surface area contributed by atoms with Gasteiger partial charge in [-0.15, -0.1) is 5.10 Å². The highest BCUT2D eigenvalue weighted by Gasteiger charge is 2.10. The highest BCUT2D eigenvalue weighted by Crippen LogP contribution is 2.28. The summed E-state index contributed by atoms with van der Waals surface area (Å²) in [5, 5.41) is 8.89. The van der Waals surface area contributed by atoms with E-state index in [0.29, 0.717) is 11.0 Å². The van der Waals surface area contributed by atoms with Gasteiger partial charge in [-0.05, 0) is 36.2 Å². The fourth-order valence-corrected chi connectivity index (χ4v) is 2.87. The molecule has 7 heteroatoms. The molecule has 1 aromatic heterocycles. The predicted molar refractivity (Wildman–Crippen MR) is 107 cm³/mol. The van der Waals surface area contributed by atoms with Crippen LogP contribution in [0.15, 0.2) is 48.7 Å². The quantitative estimate of drug-likeness (QED) is 0.616. The van der Waals surface area contributed by atoms with Crippen molar-refractivity contribution < 1.29 is 9.47 Å². The van der Waals surface area contributed by atoms with Crippen molar-refractivity contribution in [3.8, 4) is 22.8 Å². The van der Waals surface area contributed by atoms with Gasteiger partial charge in [-0.1, -0.05) is 29.8 Å². The number of nitrogens with zero attached hydrogens (tertiary/aromatic N) is 4. The number of ether oxygens (including phenoxy) is 2. The summed E-state index contributed by atoms with van der Waals surface area (Å²) in [6.07, 6.45) is 2.44. The Kier molecular flexibility index (Phi) is 6.08. The fourth-order valence-electron chi connectivity index (χ4n) is 2.68. The number of halogens is 1. The van der Waals surface area contributed by atoms with E-state index in [-0.39, 0.29) is 0 Å². The first-order chi connectivity index (χ1) is 13.1. The smallest absolute Gasteiger partial charge is 0.245 e. The average Bonchev–Trinajstić information content (AvgIpc) is 2.71. The number of likely N-dealkylation sites (N-methyl/N-ethyl adjacent to an activating group) is 1. The third-order valence-electron chi connectivity index (χ3n) is 4.19. The first-order valence-electron chi connectivity index (χ1n) is 8.48. The van der Waals surface area contributed by atoms with Gasteiger partial charge in [0.05, 0.1) is 26.1 Å². The standard InChI is InChI=1S/C20H21ClN4O2/c1-25(10-9-14-7-8-18(26-2)19(11-14)27-3)20-23-17(13-22-24-20)15-5-4-6-16(21)12-15/h4-8,11-13H,9-10H2,1-3H3. The average molecular weight is 385 g/mol. The second-order valence-electron chi connectivity index (χ2n) is 6.01. The monoisotopic (exact) mass is 384 g/mol. The van der Waals surface area contributed by atoms with Gasteiger partial charge in [-0.2, -0.15) is 5.10 Å². The normalized spacial score (nSPS) is 10.5. The van der Waals surface area contributed by atoms with Crippen molar-refractivity contribution in [1.82, 2.24) is 15.2 Å². The van der Waals surface area contributed by atoms with Crippen LogP contribution in [0.25, 0.3) is 11.3 Å². The fraction of sp³-hybridized carbons (Fsp3) is 0.250. The summed E-state index contributed by atoms with van der Waals surface area (Å²) in [6.45, 7) is 0.732. The van der Waals surface area contributed by atoms with Gasteiger partial charge < -0.3 is 14.4 Å². The molecule has 0 radical (unpaired) electrons. The molecule has 3 rings (SSSR count). The Morgan fingerprint density at radius 3 is 2.59 bits per heavy atom. The number of aromatic nitrogens is 3. The lowest BCUT2D eigenvalue weighted by Gasteiger charge is -2.17. The van der Waals surface area contributed by atoms with E-state index in [4.69, 9.17) is 21.1 Å². The van der Waals surface area contributed by atoms with Gasteiger partial charge in [0, 0.05) is 24.2 Å². The lowest BCUT2D eigenvalue weighted by Crippen LogP contribution is -2.23. The lowest BCUT2D eigenvalue weighted by molar-refractivity contribution is 0.354. The summed E-state index contributed by atoms with van der Waals surface area (Å²) in [6, 6.07) is 13.4. The Balaban J connectivity index is 1.71. The van der Waals surface area contributed by atoms with Crippen LogP contribution >= 0.6 is 11.6 Å². The highest BCUT2D eigenvalue weighted by molar-refractivity contribution is 6.30. The summed E-state index contributed by atoms with van der Waals surface area (Å²) < 4.78 is 10.6. The molecule has 3 aromatic rings. The zero-order valence-corrected chi connectivity index (χ0v) is 16.3. The van der Waals surface area contributed by atoms with Gasteiger partial charge in [-0.25, -0.2) is 4.98 Å². The maximum Gasteiger partial charge on any atom is 0.245 e. The van der Waals surface area contributed by atoms with Gasteiger partial charge in [0.25, 0.3) is 0 Å². The maximum atomic E-state index is 6.07. The Morgan fingerprint density at radius 2 is 1.85 bits per heavy atom. The van der Waals surface area contributed by atoms with E-state index in [2.05, 4.69) is 15.2 Å². The number of methoxy groups -OCH3 is 2. The summed E-state index contributed by atoms with van der Waals surface area (Å²) in [5.41, 5.74) is 2.78. The van der Waals surface area contributed by atoms with Crippen LogP contribution in [-0.4, -0.2) is 43.0 Å². The number of hydrogen-bond donors (Lipinski definition) is 0. The topological polar surface area (TPSA) is 60.4 Å². The molecule has 0 saturated carbocycles. The molecule has 140 valence electrons. The lowest BCUT2D eigenvalue weighted by atomic mass is 10.1. The van der Waals surface area contributed by atoms with Crippen LogP contribution in [0.3, 0.4) is 0 Å². The molecule has 0 saturated heterocycles. The minimum Gasteiger partial charge on any atom is -0.493 e. The third-order valence-corrected chi connectivity index (χ3v) is 4.43. The summed E-state index contributed by atoms with van der Waals surface area (Å²) in [5.74, 6) is 2.00. The largest absolute Gasteiger partial charge is 0.493 e. The number of anilines is 1. The van der Waals surface area contributed by atoms with E-state index in [1.165, 1.54) is 0 Å². The Hall–Kier alpha value is -2.86. The molecule has 0 amide bonds. The number of rotatable bonds is 7. The second kappa shape index (κ2) is 8.68. The van der Waals surface area contributed by atoms with Crippen LogP contribution in [0.5, 0.6) is 11.5 Å². The highest BCUT2D eigenvalue weighted by atomic mass is 35.5. The van der Waals surface area contributed by atoms with Crippen LogP contribution in [-0.2, 0) is 6.42 Å². The summed E-state index contributed by atoms with van der Waals surface area (Å²) >= 11 is 6.07. The van der Waals surface area contributed by atoms with Crippen LogP contribution in [0.1, 0.15) is 5.56 Å². The van der Waals surface area contributed by atoms with Crippen molar-refractivity contribution in [1.29, 1.82) is 0 Å². The zero-order chi connectivity index (χ0) is 19.2. The maximum absolute atomic E-state index is 6.07. The van der Waals surface area contributed by atoms with Crippen molar-refractivity contribution in [2.75, 3.05) is 32.7 Å². The van der Waals surface area contributed by atoms with Gasteiger partial charge in [0.1, 0.15) is 0 Å². The summed E-state index contributed by atoms with van der Waals surface area (Å²) in [7, 11) is 5.21. The third kappa shape index (κ3) is 4.65. The van der Waals surface area contributed by atoms with E-state index >= 15 is 0 Å². The molecule has 0 aliphatic carbocycles. The molecular weight excluding hydrogens is 364 g/mol. The minimum absolute atomic E-state index is 0.563. The molecule has 0 aliphatic heterocycles. The molecule has 1 heterocycles. The first-order valence-corrected chi connectivity index (χ1v) is 8.86. The Bertz CT molecular complexity index is 920. The summed E-state index contributed by atoms with van der Waals surface area (Å²) in [4.78, 5) is 6.58. The molecule has 6 nitrogen and oxygen atoms in total. The molecule has 0 spiro atoms. The second-order valence-corrected chi connectivity index (χ2v) is 6.45. The van der Waals surface area contributed by atoms with Crippen molar-refractivity contribution in [3.63, 3.8) is 0 Å². The van der Waals surface area contributed by atoms with E-state index in [9.17, 15) is 0 Å². The Labute approximate surface area is 163 Å². The van der Waals surface area contributed by atoms with Crippen molar-refractivity contribution >= 4 is 17.5 Å². The molecule has 0 N–H and O–H groups in total. The van der Waals surface area contributed by atoms with Crippen molar-refractivity contribution in [3.05, 3.63) is 59.2 Å². The van der Waals surface area contributed by atoms with E-state index in [0.717, 1.165) is 41.3 Å². The molecule has 2 aromatic carbocycles. The zero-order valence-electron chi connectivity index (χ0n) is 15.5. The SMILES string of the molecule is COc1ccc(CCN(C)c2nncc(-c3cccc(Cl)c3)n2)cc1OC.